The molecule has 152 valence electrons. The zero-order chi connectivity index (χ0) is 20.4. The Morgan fingerprint density at radius 1 is 1.33 bits per heavy atom. The van der Waals surface area contributed by atoms with E-state index in [1.807, 2.05) is 0 Å². The van der Waals surface area contributed by atoms with Crippen LogP contribution in [0.4, 0.5) is 13.2 Å². The molecule has 3 aliphatic rings. The van der Waals surface area contributed by atoms with Crippen molar-refractivity contribution in [1.82, 2.24) is 0 Å². The van der Waals surface area contributed by atoms with Gasteiger partial charge in [-0.3, -0.25) is 14.4 Å². The van der Waals surface area contributed by atoms with Crippen LogP contribution in [0.5, 0.6) is 0 Å². The highest BCUT2D eigenvalue weighted by molar-refractivity contribution is 5.87. The number of halogens is 3. The lowest BCUT2D eigenvalue weighted by Gasteiger charge is -2.32. The molecule has 0 amide bonds. The van der Waals surface area contributed by atoms with Gasteiger partial charge in [-0.2, -0.15) is 13.2 Å². The van der Waals surface area contributed by atoms with Gasteiger partial charge in [-0.05, 0) is 27.2 Å². The maximum absolute atomic E-state index is 12.6. The summed E-state index contributed by atoms with van der Waals surface area (Å²) in [6, 6.07) is 0. The van der Waals surface area contributed by atoms with Gasteiger partial charge in [0.1, 0.15) is 12.0 Å². The summed E-state index contributed by atoms with van der Waals surface area (Å²) < 4.78 is 58.7. The Labute approximate surface area is 153 Å². The molecular weight excluding hydrogens is 373 g/mol. The molecule has 0 spiro atoms. The zero-order valence-corrected chi connectivity index (χ0v) is 15.3. The van der Waals surface area contributed by atoms with Crippen LogP contribution >= 0.6 is 0 Å². The summed E-state index contributed by atoms with van der Waals surface area (Å²) in [5.41, 5.74) is -0.818. The second-order valence-corrected chi connectivity index (χ2v) is 7.83. The third kappa shape index (κ3) is 3.07. The first-order valence-corrected chi connectivity index (χ1v) is 8.71. The van der Waals surface area contributed by atoms with E-state index in [1.165, 1.54) is 0 Å². The first-order valence-electron chi connectivity index (χ1n) is 8.71. The van der Waals surface area contributed by atoms with Crippen molar-refractivity contribution < 1.29 is 46.5 Å². The Morgan fingerprint density at radius 2 is 1.96 bits per heavy atom. The molecule has 6 atom stereocenters. The fourth-order valence-corrected chi connectivity index (χ4v) is 3.51. The molecule has 0 aromatic heterocycles. The van der Waals surface area contributed by atoms with Gasteiger partial charge in [0.15, 0.2) is 6.10 Å². The van der Waals surface area contributed by atoms with Gasteiger partial charge in [-0.15, -0.1) is 0 Å². The number of esters is 3. The van der Waals surface area contributed by atoms with Crippen molar-refractivity contribution in [1.29, 1.82) is 0 Å². The van der Waals surface area contributed by atoms with E-state index in [-0.39, 0.29) is 6.42 Å². The number of carbonyl (C=O) groups excluding carboxylic acids is 3. The summed E-state index contributed by atoms with van der Waals surface area (Å²) in [5.74, 6) is -6.62. The highest BCUT2D eigenvalue weighted by atomic mass is 19.4. The normalized spacial score (nSPS) is 35.7. The molecule has 3 heterocycles. The third-order valence-electron chi connectivity index (χ3n) is 5.63. The molecule has 3 rings (SSSR count). The summed E-state index contributed by atoms with van der Waals surface area (Å²) in [6.07, 6.45) is -8.61. The summed E-state index contributed by atoms with van der Waals surface area (Å²) in [6.45, 7) is 5.85. The summed E-state index contributed by atoms with van der Waals surface area (Å²) in [5, 5.41) is 0. The number of hydrogen-bond acceptors (Lipinski definition) is 7. The van der Waals surface area contributed by atoms with Gasteiger partial charge in [0, 0.05) is 0 Å². The number of ether oxygens (including phenoxy) is 4. The van der Waals surface area contributed by atoms with E-state index in [1.54, 1.807) is 20.8 Å². The maximum Gasteiger partial charge on any atom is 0.425 e. The summed E-state index contributed by atoms with van der Waals surface area (Å²) >= 11 is 0. The smallest absolute Gasteiger partial charge is 0.425 e. The first kappa shape index (κ1) is 19.9. The van der Waals surface area contributed by atoms with Crippen molar-refractivity contribution in [2.24, 2.45) is 17.3 Å². The lowest BCUT2D eigenvalue weighted by atomic mass is 9.78. The van der Waals surface area contributed by atoms with Gasteiger partial charge in [0.05, 0.1) is 23.9 Å². The Morgan fingerprint density at radius 3 is 2.52 bits per heavy atom. The van der Waals surface area contributed by atoms with Crippen LogP contribution in [0.25, 0.3) is 0 Å². The van der Waals surface area contributed by atoms with Gasteiger partial charge in [0.25, 0.3) is 5.79 Å². The van der Waals surface area contributed by atoms with Crippen molar-refractivity contribution >= 4 is 17.9 Å². The molecule has 0 aliphatic carbocycles. The predicted molar refractivity (Wildman–Crippen MR) is 80.9 cm³/mol. The lowest BCUT2D eigenvalue weighted by Crippen LogP contribution is -2.49. The van der Waals surface area contributed by atoms with Crippen LogP contribution < -0.4 is 0 Å². The topological polar surface area (TPSA) is 88.1 Å². The van der Waals surface area contributed by atoms with Crippen LogP contribution in [-0.2, 0) is 33.3 Å². The molecule has 0 radical (unpaired) electrons. The lowest BCUT2D eigenvalue weighted by molar-refractivity contribution is -0.228. The van der Waals surface area contributed by atoms with Gasteiger partial charge >= 0.3 is 24.1 Å². The minimum absolute atomic E-state index is 0.119. The van der Waals surface area contributed by atoms with E-state index < -0.39 is 65.4 Å². The standard InChI is InChI=1S/C17H21F3O7/c1-5-15(3,4)14(23)27-16-6-8-9(10(11(16)25-8)13(22)26-16)12(21)24-7(2)17(18,19)20/h7-11H,5-6H2,1-4H3. The van der Waals surface area contributed by atoms with Crippen molar-refractivity contribution in [3.8, 4) is 0 Å². The molecule has 0 aromatic rings. The molecule has 3 fully saturated rings. The Balaban J connectivity index is 1.76. The van der Waals surface area contributed by atoms with Gasteiger partial charge in [-0.1, -0.05) is 6.92 Å². The molecule has 7 nitrogen and oxygen atoms in total. The number of hydrogen-bond donors (Lipinski definition) is 0. The average Bonchev–Trinajstić information content (AvgIpc) is 3.12. The minimum atomic E-state index is -4.71. The van der Waals surface area contributed by atoms with Crippen LogP contribution in [0.2, 0.25) is 0 Å². The number of alkyl halides is 3. The molecule has 0 aromatic carbocycles. The number of carbonyl (C=O) groups is 3. The Kier molecular flexibility index (Phi) is 4.48. The molecule has 6 unspecified atom stereocenters. The van der Waals surface area contributed by atoms with Crippen molar-refractivity contribution in [2.45, 2.75) is 70.8 Å². The molecular formula is C17H21F3O7. The molecule has 0 N–H and O–H groups in total. The Hall–Kier alpha value is -1.84. The molecule has 3 aliphatic heterocycles. The highest BCUT2D eigenvalue weighted by Gasteiger charge is 2.76. The number of rotatable bonds is 5. The Bertz CT molecular complexity index is 674. The predicted octanol–water partition coefficient (Wildman–Crippen LogP) is 2.12. The molecule has 10 heteroatoms. The second kappa shape index (κ2) is 6.08. The van der Waals surface area contributed by atoms with Crippen LogP contribution in [0.15, 0.2) is 0 Å². The van der Waals surface area contributed by atoms with Gasteiger partial charge in [-0.25, -0.2) is 0 Å². The van der Waals surface area contributed by atoms with E-state index >= 15 is 0 Å². The average molecular weight is 394 g/mol. The maximum atomic E-state index is 12.6. The first-order chi connectivity index (χ1) is 12.3. The highest BCUT2D eigenvalue weighted by Crippen LogP contribution is 2.57. The fraction of sp³-hybridized carbons (Fsp3) is 0.824. The van der Waals surface area contributed by atoms with Crippen LogP contribution in [0.1, 0.15) is 40.5 Å². The summed E-state index contributed by atoms with van der Waals surface area (Å²) in [4.78, 5) is 36.9. The van der Waals surface area contributed by atoms with Crippen molar-refractivity contribution in [2.75, 3.05) is 0 Å². The molecule has 27 heavy (non-hydrogen) atoms. The van der Waals surface area contributed by atoms with E-state index in [9.17, 15) is 27.6 Å². The van der Waals surface area contributed by atoms with Crippen LogP contribution in [0.3, 0.4) is 0 Å². The van der Waals surface area contributed by atoms with Crippen molar-refractivity contribution in [3.05, 3.63) is 0 Å². The van der Waals surface area contributed by atoms with E-state index in [0.29, 0.717) is 13.3 Å². The molecule has 2 bridgehead atoms. The van der Waals surface area contributed by atoms with E-state index in [2.05, 4.69) is 4.74 Å². The summed E-state index contributed by atoms with van der Waals surface area (Å²) in [7, 11) is 0. The quantitative estimate of drug-likeness (QED) is 0.660. The van der Waals surface area contributed by atoms with Gasteiger partial charge in [0.2, 0.25) is 0 Å². The number of fused-ring (bicyclic) bond motifs is 1. The molecule has 3 saturated heterocycles. The minimum Gasteiger partial charge on any atom is -0.453 e. The second-order valence-electron chi connectivity index (χ2n) is 7.83. The SMILES string of the molecule is CCC(C)(C)C(=O)OC12CC3OC1C(C(=O)O2)C3C(=O)OC(C)C(F)(F)F. The van der Waals surface area contributed by atoms with Crippen LogP contribution in [-0.4, -0.2) is 48.2 Å². The van der Waals surface area contributed by atoms with E-state index in [4.69, 9.17) is 14.2 Å². The monoisotopic (exact) mass is 394 g/mol. The third-order valence-corrected chi connectivity index (χ3v) is 5.63. The molecule has 0 saturated carbocycles. The zero-order valence-electron chi connectivity index (χ0n) is 15.3. The fourth-order valence-electron chi connectivity index (χ4n) is 3.51. The van der Waals surface area contributed by atoms with Crippen LogP contribution in [0, 0.1) is 17.3 Å². The van der Waals surface area contributed by atoms with E-state index in [0.717, 1.165) is 0 Å². The van der Waals surface area contributed by atoms with Gasteiger partial charge < -0.3 is 18.9 Å². The van der Waals surface area contributed by atoms with Crippen molar-refractivity contribution in [3.63, 3.8) is 0 Å². The largest absolute Gasteiger partial charge is 0.453 e.